The number of aromatic nitrogens is 4. The van der Waals surface area contributed by atoms with Crippen LogP contribution in [-0.4, -0.2) is 74.6 Å². The van der Waals surface area contributed by atoms with Crippen molar-refractivity contribution in [3.63, 3.8) is 0 Å². The highest BCUT2D eigenvalue weighted by Crippen LogP contribution is 2.31. The van der Waals surface area contributed by atoms with Gasteiger partial charge < -0.3 is 14.5 Å². The molecule has 0 spiro atoms. The van der Waals surface area contributed by atoms with Gasteiger partial charge in [0.15, 0.2) is 0 Å². The SMILES string of the molecule is CCCc1cc(C(=O)N2CCO[C@@H](CN3CCCCC3)[C@@H]2c2cnn(C)c2)n[nH]1. The van der Waals surface area contributed by atoms with Crippen LogP contribution < -0.4 is 0 Å². The van der Waals surface area contributed by atoms with E-state index < -0.39 is 0 Å². The fourth-order valence-electron chi connectivity index (χ4n) is 4.51. The number of H-pyrrole nitrogens is 1. The van der Waals surface area contributed by atoms with E-state index in [9.17, 15) is 4.79 Å². The molecule has 1 N–H and O–H groups in total. The number of hydrogen-bond acceptors (Lipinski definition) is 5. The molecule has 2 aromatic rings. The molecule has 0 bridgehead atoms. The van der Waals surface area contributed by atoms with Crippen molar-refractivity contribution < 1.29 is 9.53 Å². The minimum Gasteiger partial charge on any atom is -0.373 e. The molecular formula is C21H32N6O2. The molecule has 2 fully saturated rings. The molecule has 4 rings (SSSR count). The zero-order valence-electron chi connectivity index (χ0n) is 17.5. The van der Waals surface area contributed by atoms with Crippen LogP contribution in [0.15, 0.2) is 18.5 Å². The third-order valence-corrected chi connectivity index (χ3v) is 5.94. The largest absolute Gasteiger partial charge is 0.373 e. The Kier molecular flexibility index (Phi) is 6.30. The third-order valence-electron chi connectivity index (χ3n) is 5.94. The van der Waals surface area contributed by atoms with Crippen molar-refractivity contribution in [3.05, 3.63) is 35.4 Å². The molecule has 8 heteroatoms. The summed E-state index contributed by atoms with van der Waals surface area (Å²) < 4.78 is 8.01. The van der Waals surface area contributed by atoms with Gasteiger partial charge in [0.2, 0.25) is 0 Å². The number of piperidine rings is 1. The molecular weight excluding hydrogens is 368 g/mol. The number of likely N-dealkylation sites (tertiary alicyclic amines) is 1. The van der Waals surface area contributed by atoms with E-state index in [1.165, 1.54) is 19.3 Å². The maximum Gasteiger partial charge on any atom is 0.275 e. The van der Waals surface area contributed by atoms with Crippen LogP contribution in [0.25, 0.3) is 0 Å². The van der Waals surface area contributed by atoms with Gasteiger partial charge >= 0.3 is 0 Å². The fraction of sp³-hybridized carbons (Fsp3) is 0.667. The minimum absolute atomic E-state index is 0.0376. The van der Waals surface area contributed by atoms with Crippen LogP contribution in [0.4, 0.5) is 0 Å². The highest BCUT2D eigenvalue weighted by atomic mass is 16.5. The van der Waals surface area contributed by atoms with Crippen molar-refractivity contribution in [1.82, 2.24) is 29.8 Å². The molecule has 29 heavy (non-hydrogen) atoms. The van der Waals surface area contributed by atoms with Gasteiger partial charge in [-0.05, 0) is 38.4 Å². The lowest BCUT2D eigenvalue weighted by molar-refractivity contribution is -0.0743. The Morgan fingerprint density at radius 2 is 2.10 bits per heavy atom. The highest BCUT2D eigenvalue weighted by molar-refractivity contribution is 5.92. The summed E-state index contributed by atoms with van der Waals surface area (Å²) in [5, 5.41) is 11.7. The second kappa shape index (κ2) is 9.09. The lowest BCUT2D eigenvalue weighted by Crippen LogP contribution is -2.52. The zero-order chi connectivity index (χ0) is 20.2. The predicted molar refractivity (Wildman–Crippen MR) is 110 cm³/mol. The maximum atomic E-state index is 13.4. The number of aromatic amines is 1. The van der Waals surface area contributed by atoms with Crippen molar-refractivity contribution in [2.45, 2.75) is 51.2 Å². The van der Waals surface area contributed by atoms with Crippen molar-refractivity contribution in [2.24, 2.45) is 7.05 Å². The van der Waals surface area contributed by atoms with Crippen LogP contribution in [0.1, 0.15) is 60.4 Å². The van der Waals surface area contributed by atoms with E-state index in [0.717, 1.165) is 43.7 Å². The molecule has 0 aromatic carbocycles. The molecule has 0 unspecified atom stereocenters. The first-order chi connectivity index (χ1) is 14.2. The summed E-state index contributed by atoms with van der Waals surface area (Å²) in [7, 11) is 1.91. The lowest BCUT2D eigenvalue weighted by atomic mass is 9.99. The van der Waals surface area contributed by atoms with E-state index in [-0.39, 0.29) is 18.1 Å². The number of rotatable bonds is 6. The van der Waals surface area contributed by atoms with Gasteiger partial charge in [0.1, 0.15) is 5.69 Å². The number of amides is 1. The van der Waals surface area contributed by atoms with E-state index in [2.05, 4.69) is 27.1 Å². The first-order valence-electron chi connectivity index (χ1n) is 10.8. The lowest BCUT2D eigenvalue weighted by Gasteiger charge is -2.42. The summed E-state index contributed by atoms with van der Waals surface area (Å²) in [6.45, 7) is 6.28. The van der Waals surface area contributed by atoms with E-state index in [0.29, 0.717) is 18.8 Å². The van der Waals surface area contributed by atoms with E-state index in [4.69, 9.17) is 4.74 Å². The van der Waals surface area contributed by atoms with Crippen molar-refractivity contribution >= 4 is 5.91 Å². The molecule has 0 radical (unpaired) electrons. The molecule has 2 saturated heterocycles. The third kappa shape index (κ3) is 4.53. The molecule has 8 nitrogen and oxygen atoms in total. The molecule has 2 aliphatic heterocycles. The topological polar surface area (TPSA) is 79.3 Å². The molecule has 1 amide bonds. The molecule has 0 aliphatic carbocycles. The summed E-state index contributed by atoms with van der Waals surface area (Å²) in [5.74, 6) is -0.0376. The highest BCUT2D eigenvalue weighted by Gasteiger charge is 2.39. The summed E-state index contributed by atoms with van der Waals surface area (Å²) >= 11 is 0. The Balaban J connectivity index is 1.58. The van der Waals surface area contributed by atoms with Crippen LogP contribution in [0, 0.1) is 0 Å². The predicted octanol–water partition coefficient (Wildman–Crippen LogP) is 2.16. The summed E-state index contributed by atoms with van der Waals surface area (Å²) in [5.41, 5.74) is 2.51. The summed E-state index contributed by atoms with van der Waals surface area (Å²) in [6, 6.07) is 1.74. The number of carbonyl (C=O) groups is 1. The first-order valence-corrected chi connectivity index (χ1v) is 10.8. The number of ether oxygens (including phenoxy) is 1. The first kappa shape index (κ1) is 20.1. The maximum absolute atomic E-state index is 13.4. The Hall–Kier alpha value is -2.19. The number of carbonyl (C=O) groups excluding carboxylic acids is 1. The van der Waals surface area contributed by atoms with Gasteiger partial charge in [0, 0.05) is 37.6 Å². The van der Waals surface area contributed by atoms with Crippen LogP contribution in [0.3, 0.4) is 0 Å². The monoisotopic (exact) mass is 400 g/mol. The second-order valence-corrected chi connectivity index (χ2v) is 8.19. The summed E-state index contributed by atoms with van der Waals surface area (Å²) in [6.07, 6.45) is 9.48. The normalized spacial score (nSPS) is 23.4. The average Bonchev–Trinajstić information content (AvgIpc) is 3.37. The average molecular weight is 401 g/mol. The molecule has 0 saturated carbocycles. The van der Waals surface area contributed by atoms with Crippen molar-refractivity contribution in [3.8, 4) is 0 Å². The number of morpholine rings is 1. The summed E-state index contributed by atoms with van der Waals surface area (Å²) in [4.78, 5) is 17.8. The van der Waals surface area contributed by atoms with Crippen molar-refractivity contribution in [1.29, 1.82) is 0 Å². The smallest absolute Gasteiger partial charge is 0.275 e. The van der Waals surface area contributed by atoms with Gasteiger partial charge in [-0.3, -0.25) is 14.6 Å². The van der Waals surface area contributed by atoms with Gasteiger partial charge in [-0.2, -0.15) is 10.2 Å². The van der Waals surface area contributed by atoms with Crippen LogP contribution >= 0.6 is 0 Å². The Labute approximate surface area is 172 Å². The van der Waals surface area contributed by atoms with Crippen LogP contribution in [0.2, 0.25) is 0 Å². The minimum atomic E-state index is -0.154. The molecule has 158 valence electrons. The number of hydrogen-bond donors (Lipinski definition) is 1. The number of nitrogens with one attached hydrogen (secondary N) is 1. The Morgan fingerprint density at radius 1 is 1.28 bits per heavy atom. The van der Waals surface area contributed by atoms with E-state index >= 15 is 0 Å². The van der Waals surface area contributed by atoms with Gasteiger partial charge in [-0.15, -0.1) is 0 Å². The van der Waals surface area contributed by atoms with E-state index in [1.54, 1.807) is 4.68 Å². The Morgan fingerprint density at radius 3 is 2.83 bits per heavy atom. The van der Waals surface area contributed by atoms with Crippen LogP contribution in [-0.2, 0) is 18.2 Å². The fourth-order valence-corrected chi connectivity index (χ4v) is 4.51. The number of nitrogens with zero attached hydrogens (tertiary/aromatic N) is 5. The van der Waals surface area contributed by atoms with Gasteiger partial charge in [-0.1, -0.05) is 19.8 Å². The van der Waals surface area contributed by atoms with Gasteiger partial charge in [0.25, 0.3) is 5.91 Å². The molecule has 4 heterocycles. The Bertz CT molecular complexity index is 810. The quantitative estimate of drug-likeness (QED) is 0.804. The van der Waals surface area contributed by atoms with E-state index in [1.807, 2.05) is 30.4 Å². The van der Waals surface area contributed by atoms with Crippen molar-refractivity contribution in [2.75, 3.05) is 32.8 Å². The van der Waals surface area contributed by atoms with Crippen LogP contribution in [0.5, 0.6) is 0 Å². The standard InChI is InChI=1S/C21H32N6O2/c1-3-7-17-12-18(24-23-17)21(28)27-10-11-29-19(15-26-8-5-4-6-9-26)20(27)16-13-22-25(2)14-16/h12-14,19-20H,3-11,15H2,1-2H3,(H,23,24)/t19-,20-/m0/s1. The molecule has 2 atom stereocenters. The zero-order valence-corrected chi connectivity index (χ0v) is 17.5. The van der Waals surface area contributed by atoms with Gasteiger partial charge in [0.05, 0.1) is 24.9 Å². The molecule has 2 aromatic heterocycles. The molecule has 2 aliphatic rings. The van der Waals surface area contributed by atoms with Gasteiger partial charge in [-0.25, -0.2) is 0 Å². The second-order valence-electron chi connectivity index (χ2n) is 8.19. The number of aryl methyl sites for hydroxylation is 2.